The van der Waals surface area contributed by atoms with Crippen LogP contribution in [-0.4, -0.2) is 18.1 Å². The third kappa shape index (κ3) is 4.35. The molecule has 1 amide bonds. The molecular weight excluding hydrogens is 262 g/mol. The van der Waals surface area contributed by atoms with E-state index in [0.29, 0.717) is 5.75 Å². The number of hydrogen-bond acceptors (Lipinski definition) is 2. The topological polar surface area (TPSA) is 38.3 Å². The highest BCUT2D eigenvalue weighted by Gasteiger charge is 2.15. The standard InChI is InChI=1S/C18H21NO2/c1-13(2)19-18(20)14(3)21-17-11-9-16(10-12-17)15-7-5-4-6-8-15/h4-14H,1-3H3,(H,19,20). The summed E-state index contributed by atoms with van der Waals surface area (Å²) in [7, 11) is 0. The van der Waals surface area contributed by atoms with Crippen molar-refractivity contribution in [1.82, 2.24) is 5.32 Å². The molecule has 0 bridgehead atoms. The summed E-state index contributed by atoms with van der Waals surface area (Å²) in [4.78, 5) is 11.8. The monoisotopic (exact) mass is 283 g/mol. The Hall–Kier alpha value is -2.29. The van der Waals surface area contributed by atoms with Crippen LogP contribution in [0.1, 0.15) is 20.8 Å². The number of ether oxygens (including phenoxy) is 1. The predicted octanol–water partition coefficient (Wildman–Crippen LogP) is 3.65. The lowest BCUT2D eigenvalue weighted by Gasteiger charge is -2.16. The molecule has 2 aromatic rings. The fourth-order valence-electron chi connectivity index (χ4n) is 2.02. The van der Waals surface area contributed by atoms with Crippen LogP contribution in [-0.2, 0) is 4.79 Å². The largest absolute Gasteiger partial charge is 0.481 e. The highest BCUT2D eigenvalue weighted by atomic mass is 16.5. The van der Waals surface area contributed by atoms with Crippen LogP contribution in [0.25, 0.3) is 11.1 Å². The molecule has 3 heteroatoms. The van der Waals surface area contributed by atoms with Gasteiger partial charge in [-0.05, 0) is 44.0 Å². The first-order valence-electron chi connectivity index (χ1n) is 7.19. The van der Waals surface area contributed by atoms with Crippen LogP contribution in [0.3, 0.4) is 0 Å². The molecule has 1 N–H and O–H groups in total. The minimum Gasteiger partial charge on any atom is -0.481 e. The van der Waals surface area contributed by atoms with E-state index in [1.807, 2.05) is 56.3 Å². The van der Waals surface area contributed by atoms with E-state index in [2.05, 4.69) is 17.4 Å². The van der Waals surface area contributed by atoms with Crippen LogP contribution in [0.15, 0.2) is 54.6 Å². The molecule has 0 aliphatic heterocycles. The first-order chi connectivity index (χ1) is 10.1. The molecule has 0 saturated carbocycles. The SMILES string of the molecule is CC(C)NC(=O)C(C)Oc1ccc(-c2ccccc2)cc1. The van der Waals surface area contributed by atoms with Crippen molar-refractivity contribution in [2.24, 2.45) is 0 Å². The summed E-state index contributed by atoms with van der Waals surface area (Å²) in [5, 5.41) is 2.84. The van der Waals surface area contributed by atoms with E-state index < -0.39 is 6.10 Å². The highest BCUT2D eigenvalue weighted by Crippen LogP contribution is 2.22. The Morgan fingerprint density at radius 1 is 0.905 bits per heavy atom. The van der Waals surface area contributed by atoms with Gasteiger partial charge in [0.1, 0.15) is 5.75 Å². The van der Waals surface area contributed by atoms with Crippen LogP contribution in [0.2, 0.25) is 0 Å². The molecule has 3 nitrogen and oxygen atoms in total. The molecule has 2 rings (SSSR count). The number of rotatable bonds is 5. The number of carbonyl (C=O) groups is 1. The summed E-state index contributed by atoms with van der Waals surface area (Å²) in [5.41, 5.74) is 2.29. The van der Waals surface area contributed by atoms with Gasteiger partial charge in [0.25, 0.3) is 5.91 Å². The van der Waals surface area contributed by atoms with Crippen LogP contribution in [0.5, 0.6) is 5.75 Å². The summed E-state index contributed by atoms with van der Waals surface area (Å²) in [6.45, 7) is 5.61. The highest BCUT2D eigenvalue weighted by molar-refractivity contribution is 5.80. The summed E-state index contributed by atoms with van der Waals surface area (Å²) in [5.74, 6) is 0.596. The van der Waals surface area contributed by atoms with Crippen molar-refractivity contribution in [2.75, 3.05) is 0 Å². The molecule has 0 aromatic heterocycles. The van der Waals surface area contributed by atoms with Crippen molar-refractivity contribution in [3.05, 3.63) is 54.6 Å². The van der Waals surface area contributed by atoms with E-state index in [9.17, 15) is 4.79 Å². The Morgan fingerprint density at radius 3 is 2.05 bits per heavy atom. The fraction of sp³-hybridized carbons (Fsp3) is 0.278. The Labute approximate surface area is 126 Å². The van der Waals surface area contributed by atoms with Gasteiger partial charge in [0, 0.05) is 6.04 Å². The van der Waals surface area contributed by atoms with E-state index in [1.165, 1.54) is 0 Å². The first-order valence-corrected chi connectivity index (χ1v) is 7.19. The maximum atomic E-state index is 11.8. The zero-order valence-electron chi connectivity index (χ0n) is 12.7. The maximum absolute atomic E-state index is 11.8. The van der Waals surface area contributed by atoms with Crippen molar-refractivity contribution in [3.8, 4) is 16.9 Å². The molecule has 0 aliphatic carbocycles. The van der Waals surface area contributed by atoms with E-state index >= 15 is 0 Å². The second-order valence-corrected chi connectivity index (χ2v) is 5.31. The van der Waals surface area contributed by atoms with Gasteiger partial charge in [0.15, 0.2) is 6.10 Å². The molecule has 2 aromatic carbocycles. The quantitative estimate of drug-likeness (QED) is 0.909. The minimum absolute atomic E-state index is 0.0999. The van der Waals surface area contributed by atoms with Crippen molar-refractivity contribution >= 4 is 5.91 Å². The minimum atomic E-state index is -0.505. The number of hydrogen-bond donors (Lipinski definition) is 1. The molecule has 0 fully saturated rings. The molecule has 1 unspecified atom stereocenters. The van der Waals surface area contributed by atoms with E-state index in [-0.39, 0.29) is 11.9 Å². The zero-order valence-corrected chi connectivity index (χ0v) is 12.7. The van der Waals surface area contributed by atoms with Gasteiger partial charge in [-0.25, -0.2) is 0 Å². The van der Waals surface area contributed by atoms with Gasteiger partial charge in [-0.3, -0.25) is 4.79 Å². The average molecular weight is 283 g/mol. The summed E-state index contributed by atoms with van der Waals surface area (Å²) in [6.07, 6.45) is -0.505. The third-order valence-electron chi connectivity index (χ3n) is 3.07. The predicted molar refractivity (Wildman–Crippen MR) is 85.2 cm³/mol. The van der Waals surface area contributed by atoms with Crippen LogP contribution < -0.4 is 10.1 Å². The van der Waals surface area contributed by atoms with E-state index in [1.54, 1.807) is 6.92 Å². The number of carbonyl (C=O) groups excluding carboxylic acids is 1. The van der Waals surface area contributed by atoms with Gasteiger partial charge in [0.2, 0.25) is 0 Å². The van der Waals surface area contributed by atoms with Crippen LogP contribution >= 0.6 is 0 Å². The van der Waals surface area contributed by atoms with Crippen LogP contribution in [0, 0.1) is 0 Å². The van der Waals surface area contributed by atoms with E-state index in [0.717, 1.165) is 11.1 Å². The van der Waals surface area contributed by atoms with Crippen molar-refractivity contribution in [3.63, 3.8) is 0 Å². The third-order valence-corrected chi connectivity index (χ3v) is 3.07. The van der Waals surface area contributed by atoms with Gasteiger partial charge >= 0.3 is 0 Å². The zero-order chi connectivity index (χ0) is 15.2. The summed E-state index contributed by atoms with van der Waals surface area (Å²) in [6, 6.07) is 18.0. The lowest BCUT2D eigenvalue weighted by atomic mass is 10.1. The normalized spacial score (nSPS) is 12.0. The lowest BCUT2D eigenvalue weighted by molar-refractivity contribution is -0.127. The summed E-state index contributed by atoms with van der Waals surface area (Å²) < 4.78 is 5.66. The fourth-order valence-corrected chi connectivity index (χ4v) is 2.02. The molecule has 0 radical (unpaired) electrons. The Kier molecular flexibility index (Phi) is 4.99. The molecular formula is C18H21NO2. The molecule has 0 saturated heterocycles. The number of amides is 1. The van der Waals surface area contributed by atoms with Gasteiger partial charge in [-0.2, -0.15) is 0 Å². The number of benzene rings is 2. The molecule has 0 spiro atoms. The van der Waals surface area contributed by atoms with Gasteiger partial charge < -0.3 is 10.1 Å². The van der Waals surface area contributed by atoms with Crippen molar-refractivity contribution in [1.29, 1.82) is 0 Å². The molecule has 110 valence electrons. The maximum Gasteiger partial charge on any atom is 0.260 e. The van der Waals surface area contributed by atoms with Gasteiger partial charge in [-0.1, -0.05) is 42.5 Å². The molecule has 21 heavy (non-hydrogen) atoms. The Bertz CT molecular complexity index is 576. The van der Waals surface area contributed by atoms with Crippen molar-refractivity contribution < 1.29 is 9.53 Å². The number of nitrogens with one attached hydrogen (secondary N) is 1. The summed E-state index contributed by atoms with van der Waals surface area (Å²) >= 11 is 0. The molecule has 0 heterocycles. The van der Waals surface area contributed by atoms with Gasteiger partial charge in [-0.15, -0.1) is 0 Å². The molecule has 1 atom stereocenters. The second kappa shape index (κ2) is 6.93. The Balaban J connectivity index is 2.01. The average Bonchev–Trinajstić information content (AvgIpc) is 2.48. The van der Waals surface area contributed by atoms with E-state index in [4.69, 9.17) is 4.74 Å². The Morgan fingerprint density at radius 2 is 1.48 bits per heavy atom. The van der Waals surface area contributed by atoms with Crippen LogP contribution in [0.4, 0.5) is 0 Å². The smallest absolute Gasteiger partial charge is 0.260 e. The second-order valence-electron chi connectivity index (χ2n) is 5.31. The lowest BCUT2D eigenvalue weighted by Crippen LogP contribution is -2.39. The van der Waals surface area contributed by atoms with Crippen molar-refractivity contribution in [2.45, 2.75) is 32.9 Å². The van der Waals surface area contributed by atoms with Gasteiger partial charge in [0.05, 0.1) is 0 Å². The first kappa shape index (κ1) is 15.1. The molecule has 0 aliphatic rings.